The van der Waals surface area contributed by atoms with Crippen LogP contribution in [-0.4, -0.2) is 14.7 Å². The molecule has 106 valence electrons. The van der Waals surface area contributed by atoms with Crippen LogP contribution < -0.4 is 5.32 Å². The van der Waals surface area contributed by atoms with Gasteiger partial charge in [-0.3, -0.25) is 10.1 Å². The number of nitrogens with zero attached hydrogens (tertiary/aromatic N) is 1. The summed E-state index contributed by atoms with van der Waals surface area (Å²) < 4.78 is -2.04. The third-order valence-electron chi connectivity index (χ3n) is 2.19. The molecule has 0 aliphatic heterocycles. The van der Waals surface area contributed by atoms with E-state index in [-0.39, 0.29) is 0 Å². The lowest BCUT2D eigenvalue weighted by Crippen LogP contribution is -2.26. The van der Waals surface area contributed by atoms with Crippen LogP contribution in [0.25, 0.3) is 11.3 Å². The Labute approximate surface area is 143 Å². The Morgan fingerprint density at radius 2 is 1.95 bits per heavy atom. The fourth-order valence-corrected chi connectivity index (χ4v) is 2.67. The van der Waals surface area contributed by atoms with Gasteiger partial charge in [0.1, 0.15) is 0 Å². The SMILES string of the molecule is O=C(Nc1nc(-c2ccc(Cl)cc2Cl)cs1)C(Cl)(Cl)Cl. The first-order valence-electron chi connectivity index (χ1n) is 5.06. The van der Waals surface area contributed by atoms with E-state index in [1.54, 1.807) is 23.6 Å². The molecule has 1 amide bonds. The van der Waals surface area contributed by atoms with Gasteiger partial charge in [-0.2, -0.15) is 0 Å². The lowest BCUT2D eigenvalue weighted by molar-refractivity contribution is -0.115. The van der Waals surface area contributed by atoms with Crippen molar-refractivity contribution in [1.82, 2.24) is 4.98 Å². The molecule has 0 saturated carbocycles. The lowest BCUT2D eigenvalue weighted by Gasteiger charge is -2.08. The fourth-order valence-electron chi connectivity index (χ4n) is 1.32. The Morgan fingerprint density at radius 1 is 1.25 bits per heavy atom. The molecule has 3 nitrogen and oxygen atoms in total. The van der Waals surface area contributed by atoms with Crippen LogP contribution >= 0.6 is 69.3 Å². The number of thiazole rings is 1. The fraction of sp³-hybridized carbons (Fsp3) is 0.0909. The first-order valence-corrected chi connectivity index (χ1v) is 7.83. The number of carbonyl (C=O) groups excluding carboxylic acids is 1. The van der Waals surface area contributed by atoms with Crippen molar-refractivity contribution in [3.8, 4) is 11.3 Å². The van der Waals surface area contributed by atoms with Crippen LogP contribution in [0.3, 0.4) is 0 Å². The number of rotatable bonds is 2. The minimum absolute atomic E-state index is 0.308. The van der Waals surface area contributed by atoms with Crippen molar-refractivity contribution in [3.05, 3.63) is 33.6 Å². The van der Waals surface area contributed by atoms with Crippen LogP contribution in [0.5, 0.6) is 0 Å². The lowest BCUT2D eigenvalue weighted by atomic mass is 10.2. The Morgan fingerprint density at radius 3 is 2.55 bits per heavy atom. The van der Waals surface area contributed by atoms with E-state index in [1.165, 1.54) is 11.3 Å². The van der Waals surface area contributed by atoms with Gasteiger partial charge in [0, 0.05) is 16.0 Å². The van der Waals surface area contributed by atoms with Crippen molar-refractivity contribution >= 4 is 80.4 Å². The molecule has 0 radical (unpaired) electrons. The quantitative estimate of drug-likeness (QED) is 0.695. The summed E-state index contributed by atoms with van der Waals surface area (Å²) in [6.07, 6.45) is 0. The summed E-state index contributed by atoms with van der Waals surface area (Å²) in [7, 11) is 0. The summed E-state index contributed by atoms with van der Waals surface area (Å²) >= 11 is 29.5. The maximum Gasteiger partial charge on any atom is 0.278 e. The molecule has 1 heterocycles. The Kier molecular flexibility index (Phi) is 5.05. The standard InChI is InChI=1S/C11H5Cl5N2OS/c12-5-1-2-6(7(13)3-5)8-4-20-10(17-8)18-9(19)11(14,15)16/h1-4H,(H,17,18,19). The summed E-state index contributed by atoms with van der Waals surface area (Å²) in [6, 6.07) is 5.04. The summed E-state index contributed by atoms with van der Waals surface area (Å²) in [6.45, 7) is 0. The number of nitrogens with one attached hydrogen (secondary N) is 1. The molecule has 0 saturated heterocycles. The molecular formula is C11H5Cl5N2OS. The van der Waals surface area contributed by atoms with Crippen molar-refractivity contribution in [3.63, 3.8) is 0 Å². The first kappa shape index (κ1) is 16.1. The van der Waals surface area contributed by atoms with Crippen molar-refractivity contribution in [2.24, 2.45) is 0 Å². The number of hydrogen-bond donors (Lipinski definition) is 1. The van der Waals surface area contributed by atoms with E-state index in [1.807, 2.05) is 0 Å². The highest BCUT2D eigenvalue weighted by Gasteiger charge is 2.31. The zero-order chi connectivity index (χ0) is 14.9. The van der Waals surface area contributed by atoms with Crippen molar-refractivity contribution < 1.29 is 4.79 Å². The van der Waals surface area contributed by atoms with Gasteiger partial charge in [0.05, 0.1) is 10.7 Å². The molecule has 2 aromatic rings. The number of alkyl halides is 3. The zero-order valence-corrected chi connectivity index (χ0v) is 14.1. The highest BCUT2D eigenvalue weighted by atomic mass is 35.6. The van der Waals surface area contributed by atoms with Crippen LogP contribution in [-0.2, 0) is 4.79 Å². The molecule has 1 N–H and O–H groups in total. The van der Waals surface area contributed by atoms with Gasteiger partial charge in [0.25, 0.3) is 9.70 Å². The van der Waals surface area contributed by atoms with Gasteiger partial charge in [-0.1, -0.05) is 58.0 Å². The van der Waals surface area contributed by atoms with Gasteiger partial charge in [0.15, 0.2) is 5.13 Å². The molecule has 0 aliphatic carbocycles. The molecule has 2 rings (SSSR count). The molecule has 0 fully saturated rings. The predicted octanol–water partition coefficient (Wildman–Crippen LogP) is 5.43. The molecule has 0 unspecified atom stereocenters. The Hall–Kier alpha value is -0.230. The predicted molar refractivity (Wildman–Crippen MR) is 86.5 cm³/mol. The van der Waals surface area contributed by atoms with Gasteiger partial charge >= 0.3 is 0 Å². The van der Waals surface area contributed by atoms with Crippen molar-refractivity contribution in [2.75, 3.05) is 5.32 Å². The largest absolute Gasteiger partial charge is 0.298 e. The second-order valence-electron chi connectivity index (χ2n) is 3.61. The van der Waals surface area contributed by atoms with Gasteiger partial charge in [-0.25, -0.2) is 4.98 Å². The molecule has 1 aromatic carbocycles. The minimum atomic E-state index is -2.04. The van der Waals surface area contributed by atoms with Crippen molar-refractivity contribution in [2.45, 2.75) is 3.79 Å². The highest BCUT2D eigenvalue weighted by Crippen LogP contribution is 2.33. The number of benzene rings is 1. The van der Waals surface area contributed by atoms with E-state index in [0.29, 0.717) is 26.4 Å². The second kappa shape index (κ2) is 6.26. The average molecular weight is 391 g/mol. The Balaban J connectivity index is 2.23. The third kappa shape index (κ3) is 3.91. The molecule has 1 aromatic heterocycles. The molecule has 0 atom stereocenters. The van der Waals surface area contributed by atoms with Gasteiger partial charge in [-0.15, -0.1) is 11.3 Å². The number of amides is 1. The summed E-state index contributed by atoms with van der Waals surface area (Å²) in [5.74, 6) is -0.773. The van der Waals surface area contributed by atoms with Gasteiger partial charge in [-0.05, 0) is 18.2 Å². The normalized spacial score (nSPS) is 11.4. The van der Waals surface area contributed by atoms with Crippen LogP contribution in [0.1, 0.15) is 0 Å². The van der Waals surface area contributed by atoms with E-state index >= 15 is 0 Å². The molecular weight excluding hydrogens is 385 g/mol. The number of halogens is 5. The highest BCUT2D eigenvalue weighted by molar-refractivity contribution is 7.14. The van der Waals surface area contributed by atoms with E-state index < -0.39 is 9.70 Å². The first-order chi connectivity index (χ1) is 9.27. The zero-order valence-electron chi connectivity index (χ0n) is 9.46. The van der Waals surface area contributed by atoms with Crippen LogP contribution in [0.4, 0.5) is 5.13 Å². The summed E-state index contributed by atoms with van der Waals surface area (Å²) in [5, 5.41) is 5.43. The summed E-state index contributed by atoms with van der Waals surface area (Å²) in [4.78, 5) is 15.7. The monoisotopic (exact) mass is 388 g/mol. The van der Waals surface area contributed by atoms with E-state index in [2.05, 4.69) is 10.3 Å². The van der Waals surface area contributed by atoms with Crippen LogP contribution in [0.15, 0.2) is 23.6 Å². The van der Waals surface area contributed by atoms with Gasteiger partial charge < -0.3 is 0 Å². The minimum Gasteiger partial charge on any atom is -0.298 e. The summed E-state index contributed by atoms with van der Waals surface area (Å²) in [5.41, 5.74) is 1.29. The van der Waals surface area contributed by atoms with Crippen molar-refractivity contribution in [1.29, 1.82) is 0 Å². The van der Waals surface area contributed by atoms with E-state index in [9.17, 15) is 4.79 Å². The molecule has 20 heavy (non-hydrogen) atoms. The van der Waals surface area contributed by atoms with Gasteiger partial charge in [0.2, 0.25) is 0 Å². The molecule has 0 aliphatic rings. The maximum absolute atomic E-state index is 11.5. The number of anilines is 1. The van der Waals surface area contributed by atoms with Crippen LogP contribution in [0, 0.1) is 0 Å². The average Bonchev–Trinajstić information content (AvgIpc) is 2.76. The van der Waals surface area contributed by atoms with E-state index in [0.717, 1.165) is 0 Å². The smallest absolute Gasteiger partial charge is 0.278 e. The maximum atomic E-state index is 11.5. The van der Waals surface area contributed by atoms with E-state index in [4.69, 9.17) is 58.0 Å². The Bertz CT molecular complexity index is 653. The number of aromatic nitrogens is 1. The third-order valence-corrected chi connectivity index (χ3v) is 4.01. The molecule has 0 spiro atoms. The second-order valence-corrected chi connectivity index (χ2v) is 7.60. The number of hydrogen-bond acceptors (Lipinski definition) is 3. The number of carbonyl (C=O) groups is 1. The molecule has 0 bridgehead atoms. The van der Waals surface area contributed by atoms with Crippen LogP contribution in [0.2, 0.25) is 10.0 Å². The molecule has 9 heteroatoms. The topological polar surface area (TPSA) is 42.0 Å².